The maximum atomic E-state index is 13.7. The van der Waals surface area contributed by atoms with Crippen molar-refractivity contribution >= 4 is 23.3 Å². The Bertz CT molecular complexity index is 1310. The molecule has 204 valence electrons. The molecule has 0 radical (unpaired) electrons. The second-order valence-electron chi connectivity index (χ2n) is 9.86. The first-order valence-corrected chi connectivity index (χ1v) is 13.5. The second kappa shape index (κ2) is 11.9. The Morgan fingerprint density at radius 1 is 0.949 bits per heavy atom. The molecule has 2 N–H and O–H groups in total. The number of carboxylic acids is 1. The number of unbranched alkanes of at least 4 members (excludes halogenated alkanes) is 1. The molecule has 3 aromatic carbocycles. The zero-order valence-corrected chi connectivity index (χ0v) is 22.2. The van der Waals surface area contributed by atoms with E-state index in [1.807, 2.05) is 48.5 Å². The third-order valence-electron chi connectivity index (χ3n) is 7.27. The molecule has 0 unspecified atom stereocenters. The molecule has 1 amide bonds. The molecule has 39 heavy (non-hydrogen) atoms. The van der Waals surface area contributed by atoms with Crippen LogP contribution in [0.3, 0.4) is 0 Å². The topological polar surface area (TPSA) is 97.3 Å². The number of nitrogens with zero attached hydrogens (tertiary/aromatic N) is 1. The van der Waals surface area contributed by atoms with Gasteiger partial charge in [-0.3, -0.25) is 4.79 Å². The molecular weight excluding hydrogens is 496 g/mol. The Kier molecular flexibility index (Phi) is 8.14. The molecule has 1 spiro atoms. The lowest BCUT2D eigenvalue weighted by Crippen LogP contribution is -2.45. The maximum absolute atomic E-state index is 13.7. The van der Waals surface area contributed by atoms with Crippen LogP contribution in [0.4, 0.5) is 11.4 Å². The monoisotopic (exact) mass is 530 g/mol. The standard InChI is InChI=1S/C31H34N2O6/c1-2-3-17-37-28-12-10-24(33-15-13-31(14-16-33)38-18-19-39-31)21-26(28)29(34)32-27-20-23(9-11-25(27)30(35)36)22-7-5-4-6-8-22/h4-12,20-21H,2-3,13-19H2,1H3,(H,32,34)(H,35,36). The number of carbonyl (C=O) groups excluding carboxylic acids is 1. The van der Waals surface area contributed by atoms with Gasteiger partial charge >= 0.3 is 5.97 Å². The minimum Gasteiger partial charge on any atom is -0.493 e. The average molecular weight is 531 g/mol. The van der Waals surface area contributed by atoms with Gasteiger partial charge in [0.1, 0.15) is 5.75 Å². The number of aromatic carboxylic acids is 1. The summed E-state index contributed by atoms with van der Waals surface area (Å²) in [6.45, 7) is 5.28. The summed E-state index contributed by atoms with van der Waals surface area (Å²) >= 11 is 0. The summed E-state index contributed by atoms with van der Waals surface area (Å²) in [6.07, 6.45) is 3.32. The predicted molar refractivity (Wildman–Crippen MR) is 150 cm³/mol. The van der Waals surface area contributed by atoms with E-state index < -0.39 is 17.7 Å². The Morgan fingerprint density at radius 3 is 2.38 bits per heavy atom. The van der Waals surface area contributed by atoms with Crippen molar-refractivity contribution < 1.29 is 28.9 Å². The molecule has 0 aliphatic carbocycles. The minimum atomic E-state index is -1.11. The Balaban J connectivity index is 1.42. The first-order chi connectivity index (χ1) is 19.0. The van der Waals surface area contributed by atoms with E-state index >= 15 is 0 Å². The van der Waals surface area contributed by atoms with Crippen molar-refractivity contribution in [3.63, 3.8) is 0 Å². The van der Waals surface area contributed by atoms with Gasteiger partial charge in [-0.05, 0) is 47.9 Å². The van der Waals surface area contributed by atoms with Crippen LogP contribution in [0, 0.1) is 0 Å². The summed E-state index contributed by atoms with van der Waals surface area (Å²) < 4.78 is 17.7. The number of anilines is 2. The molecule has 3 aromatic rings. The van der Waals surface area contributed by atoms with Crippen molar-refractivity contribution in [2.24, 2.45) is 0 Å². The number of rotatable bonds is 9. The normalized spacial score (nSPS) is 16.3. The fourth-order valence-corrected chi connectivity index (χ4v) is 5.07. The first kappa shape index (κ1) is 26.7. The Hall–Kier alpha value is -3.88. The van der Waals surface area contributed by atoms with E-state index in [1.54, 1.807) is 12.1 Å². The van der Waals surface area contributed by atoms with Gasteiger partial charge < -0.3 is 29.5 Å². The molecule has 5 rings (SSSR count). The quantitative estimate of drug-likeness (QED) is 0.336. The van der Waals surface area contributed by atoms with Crippen molar-refractivity contribution in [1.29, 1.82) is 0 Å². The van der Waals surface area contributed by atoms with Gasteiger partial charge in [0.15, 0.2) is 5.79 Å². The van der Waals surface area contributed by atoms with E-state index in [1.165, 1.54) is 6.07 Å². The number of hydrogen-bond acceptors (Lipinski definition) is 6. The lowest BCUT2D eigenvalue weighted by atomic mass is 10.0. The largest absolute Gasteiger partial charge is 0.493 e. The fraction of sp³-hybridized carbons (Fsp3) is 0.355. The summed E-state index contributed by atoms with van der Waals surface area (Å²) in [6, 6.07) is 20.2. The number of ether oxygens (including phenoxy) is 3. The van der Waals surface area contributed by atoms with Crippen LogP contribution in [0.25, 0.3) is 11.1 Å². The van der Waals surface area contributed by atoms with Crippen molar-refractivity contribution in [2.75, 3.05) is 43.1 Å². The molecule has 0 saturated carbocycles. The molecule has 8 nitrogen and oxygen atoms in total. The molecule has 0 atom stereocenters. The fourth-order valence-electron chi connectivity index (χ4n) is 5.07. The minimum absolute atomic E-state index is 0.0190. The number of piperidine rings is 1. The van der Waals surface area contributed by atoms with Gasteiger partial charge in [0.25, 0.3) is 5.91 Å². The smallest absolute Gasteiger partial charge is 0.337 e. The highest BCUT2D eigenvalue weighted by atomic mass is 16.7. The summed E-state index contributed by atoms with van der Waals surface area (Å²) in [4.78, 5) is 27.9. The van der Waals surface area contributed by atoms with E-state index in [2.05, 4.69) is 17.1 Å². The molecule has 0 aromatic heterocycles. The highest BCUT2D eigenvalue weighted by Crippen LogP contribution is 2.35. The molecule has 2 saturated heterocycles. The maximum Gasteiger partial charge on any atom is 0.337 e. The number of hydrogen-bond donors (Lipinski definition) is 2. The Morgan fingerprint density at radius 2 is 1.69 bits per heavy atom. The van der Waals surface area contributed by atoms with E-state index in [0.29, 0.717) is 31.1 Å². The van der Waals surface area contributed by atoms with Gasteiger partial charge in [0.2, 0.25) is 0 Å². The first-order valence-electron chi connectivity index (χ1n) is 13.5. The lowest BCUT2D eigenvalue weighted by molar-refractivity contribution is -0.169. The van der Waals surface area contributed by atoms with Gasteiger partial charge in [-0.2, -0.15) is 0 Å². The van der Waals surface area contributed by atoms with Crippen molar-refractivity contribution in [3.8, 4) is 16.9 Å². The molecule has 2 aliphatic rings. The van der Waals surface area contributed by atoms with Crippen LogP contribution in [0.5, 0.6) is 5.75 Å². The zero-order valence-electron chi connectivity index (χ0n) is 22.2. The highest BCUT2D eigenvalue weighted by molar-refractivity contribution is 6.10. The summed E-state index contributed by atoms with van der Waals surface area (Å²) in [5.41, 5.74) is 3.24. The van der Waals surface area contributed by atoms with Crippen LogP contribution in [-0.4, -0.2) is 55.7 Å². The van der Waals surface area contributed by atoms with Gasteiger partial charge in [-0.25, -0.2) is 4.79 Å². The molecule has 0 bridgehead atoms. The predicted octanol–water partition coefficient (Wildman–Crippen LogP) is 5.83. The second-order valence-corrected chi connectivity index (χ2v) is 9.86. The van der Waals surface area contributed by atoms with Crippen LogP contribution in [0.2, 0.25) is 0 Å². The third-order valence-corrected chi connectivity index (χ3v) is 7.27. The highest BCUT2D eigenvalue weighted by Gasteiger charge is 2.40. The van der Waals surface area contributed by atoms with Gasteiger partial charge in [0, 0.05) is 31.6 Å². The number of nitrogens with one attached hydrogen (secondary N) is 1. The van der Waals surface area contributed by atoms with Crippen LogP contribution in [0.15, 0.2) is 66.7 Å². The summed E-state index contributed by atoms with van der Waals surface area (Å²) in [5.74, 6) is -1.56. The molecular formula is C31H34N2O6. The molecule has 2 aliphatic heterocycles. The van der Waals surface area contributed by atoms with Gasteiger partial charge in [-0.1, -0.05) is 49.7 Å². The van der Waals surface area contributed by atoms with Gasteiger partial charge in [0.05, 0.1) is 36.6 Å². The summed E-state index contributed by atoms with van der Waals surface area (Å²) in [7, 11) is 0. The number of carbonyl (C=O) groups is 2. The summed E-state index contributed by atoms with van der Waals surface area (Å²) in [5, 5.41) is 12.7. The number of carboxylic acid groups (broad SMARTS) is 1. The van der Waals surface area contributed by atoms with Crippen molar-refractivity contribution in [3.05, 3.63) is 77.9 Å². The molecule has 2 heterocycles. The molecule has 8 heteroatoms. The SMILES string of the molecule is CCCCOc1ccc(N2CCC3(CC2)OCCO3)cc1C(=O)Nc1cc(-c2ccccc2)ccc1C(=O)O. The number of amides is 1. The van der Waals surface area contributed by atoms with Crippen LogP contribution < -0.4 is 15.0 Å². The lowest BCUT2D eigenvalue weighted by Gasteiger charge is -2.38. The average Bonchev–Trinajstić information content (AvgIpc) is 3.41. The van der Waals surface area contributed by atoms with Gasteiger partial charge in [-0.15, -0.1) is 0 Å². The third kappa shape index (κ3) is 6.08. The van der Waals surface area contributed by atoms with E-state index in [-0.39, 0.29) is 11.3 Å². The van der Waals surface area contributed by atoms with E-state index in [0.717, 1.165) is 55.6 Å². The van der Waals surface area contributed by atoms with Crippen molar-refractivity contribution in [2.45, 2.75) is 38.4 Å². The van der Waals surface area contributed by atoms with Crippen LogP contribution in [0.1, 0.15) is 53.3 Å². The zero-order chi connectivity index (χ0) is 27.2. The molecule has 2 fully saturated rings. The van der Waals surface area contributed by atoms with Crippen LogP contribution >= 0.6 is 0 Å². The Labute approximate surface area is 228 Å². The van der Waals surface area contributed by atoms with E-state index in [4.69, 9.17) is 14.2 Å². The van der Waals surface area contributed by atoms with Crippen LogP contribution in [-0.2, 0) is 9.47 Å². The van der Waals surface area contributed by atoms with Crippen molar-refractivity contribution in [1.82, 2.24) is 0 Å². The number of benzene rings is 3. The van der Waals surface area contributed by atoms with E-state index in [9.17, 15) is 14.7 Å².